The molecule has 2 heterocycles. The van der Waals surface area contributed by atoms with Crippen molar-refractivity contribution < 1.29 is 18.7 Å². The third-order valence-electron chi connectivity index (χ3n) is 3.25. The fraction of sp³-hybridized carbons (Fsp3) is 0.111. The van der Waals surface area contributed by atoms with Crippen LogP contribution in [0.15, 0.2) is 70.2 Å². The summed E-state index contributed by atoms with van der Waals surface area (Å²) in [5.74, 6) is 1.09. The van der Waals surface area contributed by atoms with Gasteiger partial charge < -0.3 is 9.15 Å². The van der Waals surface area contributed by atoms with Gasteiger partial charge in [-0.15, -0.1) is 0 Å². The first kappa shape index (κ1) is 16.1. The average Bonchev–Trinajstić information content (AvgIpc) is 3.19. The van der Waals surface area contributed by atoms with Crippen LogP contribution in [0.3, 0.4) is 0 Å². The zero-order chi connectivity index (χ0) is 16.8. The van der Waals surface area contributed by atoms with E-state index in [1.807, 2.05) is 30.3 Å². The Balaban J connectivity index is 1.55. The first-order chi connectivity index (χ1) is 11.7. The Kier molecular flexibility index (Phi) is 5.18. The summed E-state index contributed by atoms with van der Waals surface area (Å²) in [6.07, 6.45) is 6.61. The molecule has 6 heteroatoms. The van der Waals surface area contributed by atoms with Crippen molar-refractivity contribution in [1.82, 2.24) is 4.90 Å². The molecule has 1 aromatic heterocycles. The molecule has 1 fully saturated rings. The van der Waals surface area contributed by atoms with Crippen LogP contribution in [0.5, 0.6) is 5.75 Å². The highest BCUT2D eigenvalue weighted by molar-refractivity contribution is 8.18. The van der Waals surface area contributed by atoms with Crippen LogP contribution < -0.4 is 4.74 Å². The highest BCUT2D eigenvalue weighted by Crippen LogP contribution is 2.30. The smallest absolute Gasteiger partial charge is 0.293 e. The van der Waals surface area contributed by atoms with Gasteiger partial charge in [-0.25, -0.2) is 0 Å². The molecule has 0 bridgehead atoms. The Hall–Kier alpha value is -2.73. The van der Waals surface area contributed by atoms with Crippen LogP contribution in [0.1, 0.15) is 5.76 Å². The molecule has 1 saturated heterocycles. The average molecular weight is 341 g/mol. The molecule has 0 saturated carbocycles. The van der Waals surface area contributed by atoms with Crippen LogP contribution in [-0.2, 0) is 4.79 Å². The van der Waals surface area contributed by atoms with Crippen LogP contribution in [0.2, 0.25) is 0 Å². The van der Waals surface area contributed by atoms with Crippen molar-refractivity contribution in [1.29, 1.82) is 0 Å². The predicted octanol–water partition coefficient (Wildman–Crippen LogP) is 3.95. The lowest BCUT2D eigenvalue weighted by atomic mass is 10.3. The lowest BCUT2D eigenvalue weighted by Crippen LogP contribution is -2.32. The van der Waals surface area contributed by atoms with Gasteiger partial charge in [0.25, 0.3) is 11.1 Å². The predicted molar refractivity (Wildman–Crippen MR) is 92.5 cm³/mol. The Morgan fingerprint density at radius 1 is 1.12 bits per heavy atom. The van der Waals surface area contributed by atoms with E-state index in [9.17, 15) is 9.59 Å². The topological polar surface area (TPSA) is 59.8 Å². The molecule has 0 radical (unpaired) electrons. The van der Waals surface area contributed by atoms with Crippen LogP contribution in [0, 0.1) is 0 Å². The number of carbonyl (C=O) groups is 2. The highest BCUT2D eigenvalue weighted by atomic mass is 32.2. The molecule has 24 heavy (non-hydrogen) atoms. The van der Waals surface area contributed by atoms with Gasteiger partial charge in [0.1, 0.15) is 18.1 Å². The fourth-order valence-electron chi connectivity index (χ4n) is 2.09. The third-order valence-corrected chi connectivity index (χ3v) is 4.18. The van der Waals surface area contributed by atoms with E-state index in [0.29, 0.717) is 16.4 Å². The van der Waals surface area contributed by atoms with Gasteiger partial charge in [-0.3, -0.25) is 14.5 Å². The van der Waals surface area contributed by atoms with Gasteiger partial charge in [-0.2, -0.15) is 0 Å². The van der Waals surface area contributed by atoms with E-state index in [1.165, 1.54) is 4.90 Å². The molecule has 2 aromatic rings. The van der Waals surface area contributed by atoms with E-state index in [-0.39, 0.29) is 24.3 Å². The van der Waals surface area contributed by atoms with Crippen molar-refractivity contribution in [2.75, 3.05) is 13.2 Å². The maximum absolute atomic E-state index is 12.3. The van der Waals surface area contributed by atoms with Crippen LogP contribution in [0.4, 0.5) is 4.79 Å². The zero-order valence-corrected chi connectivity index (χ0v) is 13.6. The number of ether oxygens (including phenoxy) is 1. The summed E-state index contributed by atoms with van der Waals surface area (Å²) < 4.78 is 10.7. The molecular weight excluding hydrogens is 326 g/mol. The quantitative estimate of drug-likeness (QED) is 0.745. The Morgan fingerprint density at radius 3 is 2.71 bits per heavy atom. The lowest BCUT2D eigenvalue weighted by molar-refractivity contribution is -0.123. The van der Waals surface area contributed by atoms with Gasteiger partial charge in [0.15, 0.2) is 0 Å². The van der Waals surface area contributed by atoms with E-state index >= 15 is 0 Å². The van der Waals surface area contributed by atoms with E-state index in [2.05, 4.69) is 0 Å². The molecule has 2 amide bonds. The van der Waals surface area contributed by atoms with Crippen molar-refractivity contribution >= 4 is 29.0 Å². The molecule has 3 rings (SSSR count). The molecule has 0 unspecified atom stereocenters. The SMILES string of the molecule is O=C1SC(=CC=Cc2ccco2)C(=O)N1CCOc1ccccc1. The Labute approximate surface area is 143 Å². The first-order valence-corrected chi connectivity index (χ1v) is 8.19. The standard InChI is InChI=1S/C18H15NO4S/c20-17-16(10-4-8-15-9-5-12-22-15)24-18(21)19(17)11-13-23-14-6-2-1-3-7-14/h1-10,12H,11,13H2. The first-order valence-electron chi connectivity index (χ1n) is 7.37. The number of furan rings is 1. The summed E-state index contributed by atoms with van der Waals surface area (Å²) in [7, 11) is 0. The molecule has 0 N–H and O–H groups in total. The zero-order valence-electron chi connectivity index (χ0n) is 12.8. The van der Waals surface area contributed by atoms with Gasteiger partial charge in [0, 0.05) is 0 Å². The monoisotopic (exact) mass is 341 g/mol. The number of hydrogen-bond acceptors (Lipinski definition) is 5. The van der Waals surface area contributed by atoms with Crippen LogP contribution in [0.25, 0.3) is 6.08 Å². The summed E-state index contributed by atoms with van der Waals surface area (Å²) in [5, 5.41) is -0.283. The number of amides is 2. The second kappa shape index (κ2) is 7.70. The van der Waals surface area contributed by atoms with Gasteiger partial charge in [-0.1, -0.05) is 24.3 Å². The van der Waals surface area contributed by atoms with Crippen LogP contribution in [-0.4, -0.2) is 29.2 Å². The third kappa shape index (κ3) is 3.97. The van der Waals surface area contributed by atoms with Crippen molar-refractivity contribution in [3.8, 4) is 5.75 Å². The molecule has 1 aromatic carbocycles. The van der Waals surface area contributed by atoms with E-state index in [1.54, 1.807) is 36.6 Å². The molecule has 1 aliphatic heterocycles. The normalized spacial score (nSPS) is 16.5. The number of carbonyl (C=O) groups excluding carboxylic acids is 2. The maximum Gasteiger partial charge on any atom is 0.293 e. The van der Waals surface area contributed by atoms with Gasteiger partial charge in [0.2, 0.25) is 0 Å². The summed E-state index contributed by atoms with van der Waals surface area (Å²) in [6.45, 7) is 0.483. The van der Waals surface area contributed by atoms with Gasteiger partial charge in [-0.05, 0) is 48.2 Å². The van der Waals surface area contributed by atoms with Crippen molar-refractivity contribution in [3.63, 3.8) is 0 Å². The number of thioether (sulfide) groups is 1. The van der Waals surface area contributed by atoms with Crippen molar-refractivity contribution in [2.24, 2.45) is 0 Å². The molecule has 5 nitrogen and oxygen atoms in total. The minimum absolute atomic E-state index is 0.221. The lowest BCUT2D eigenvalue weighted by Gasteiger charge is -2.13. The molecule has 0 aliphatic carbocycles. The number of hydrogen-bond donors (Lipinski definition) is 0. The van der Waals surface area contributed by atoms with E-state index in [4.69, 9.17) is 9.15 Å². The number of rotatable bonds is 6. The summed E-state index contributed by atoms with van der Waals surface area (Å²) in [6, 6.07) is 12.9. The number of para-hydroxylation sites is 1. The van der Waals surface area contributed by atoms with Crippen molar-refractivity contribution in [3.05, 3.63) is 71.5 Å². The minimum atomic E-state index is -0.300. The molecular formula is C18H15NO4S. The molecule has 0 spiro atoms. The summed E-state index contributed by atoms with van der Waals surface area (Å²) >= 11 is 0.926. The van der Waals surface area contributed by atoms with Crippen LogP contribution >= 0.6 is 11.8 Å². The Morgan fingerprint density at radius 2 is 1.96 bits per heavy atom. The van der Waals surface area contributed by atoms with Gasteiger partial charge in [0.05, 0.1) is 17.7 Å². The number of benzene rings is 1. The highest BCUT2D eigenvalue weighted by Gasteiger charge is 2.34. The second-order valence-electron chi connectivity index (χ2n) is 4.89. The van der Waals surface area contributed by atoms with Crippen molar-refractivity contribution in [2.45, 2.75) is 0 Å². The number of imide groups is 1. The minimum Gasteiger partial charge on any atom is -0.492 e. The summed E-state index contributed by atoms with van der Waals surface area (Å²) in [4.78, 5) is 25.8. The number of nitrogens with zero attached hydrogens (tertiary/aromatic N) is 1. The van der Waals surface area contributed by atoms with E-state index in [0.717, 1.165) is 11.8 Å². The second-order valence-corrected chi connectivity index (χ2v) is 5.88. The maximum atomic E-state index is 12.3. The number of allylic oxidation sites excluding steroid dienone is 2. The largest absolute Gasteiger partial charge is 0.492 e. The molecule has 1 aliphatic rings. The van der Waals surface area contributed by atoms with Gasteiger partial charge >= 0.3 is 0 Å². The van der Waals surface area contributed by atoms with E-state index < -0.39 is 0 Å². The fourth-order valence-corrected chi connectivity index (χ4v) is 2.91. The molecule has 0 atom stereocenters. The Bertz CT molecular complexity index is 766. The summed E-state index contributed by atoms with van der Waals surface area (Å²) in [5.41, 5.74) is 0. The molecule has 122 valence electrons.